The van der Waals surface area contributed by atoms with Crippen molar-refractivity contribution in [3.05, 3.63) is 12.4 Å². The van der Waals surface area contributed by atoms with Crippen LogP contribution in [0.1, 0.15) is 33.6 Å². The molecule has 0 N–H and O–H groups in total. The van der Waals surface area contributed by atoms with E-state index in [4.69, 9.17) is 16.3 Å². The van der Waals surface area contributed by atoms with Gasteiger partial charge < -0.3 is 9.64 Å². The fourth-order valence-corrected chi connectivity index (χ4v) is 2.18. The van der Waals surface area contributed by atoms with Crippen molar-refractivity contribution in [2.45, 2.75) is 39.7 Å². The molecule has 0 saturated heterocycles. The summed E-state index contributed by atoms with van der Waals surface area (Å²) in [7, 11) is 0. The minimum atomic E-state index is 0.440. The summed E-state index contributed by atoms with van der Waals surface area (Å²) in [6.07, 6.45) is 5.54. The second-order valence-corrected chi connectivity index (χ2v) is 4.38. The maximum absolute atomic E-state index is 5.88. The van der Waals surface area contributed by atoms with E-state index in [1.54, 1.807) is 12.4 Å². The second kappa shape index (κ2) is 8.14. The lowest BCUT2D eigenvalue weighted by Crippen LogP contribution is -2.36. The summed E-state index contributed by atoms with van der Waals surface area (Å²) in [5, 5.41) is 0. The van der Waals surface area contributed by atoms with Crippen molar-refractivity contribution in [1.82, 2.24) is 9.97 Å². The van der Waals surface area contributed by atoms with Crippen LogP contribution in [0, 0.1) is 0 Å². The van der Waals surface area contributed by atoms with E-state index in [1.807, 2.05) is 6.92 Å². The molecule has 0 aliphatic heterocycles. The van der Waals surface area contributed by atoms with Gasteiger partial charge in [-0.3, -0.25) is 4.98 Å². The molecule has 0 amide bonds. The molecule has 0 aliphatic carbocycles. The summed E-state index contributed by atoms with van der Waals surface area (Å²) in [4.78, 5) is 10.9. The molecule has 0 aliphatic rings. The molecule has 18 heavy (non-hydrogen) atoms. The highest BCUT2D eigenvalue weighted by molar-refractivity contribution is 6.18. The predicted octanol–water partition coefficient (Wildman–Crippen LogP) is 3.11. The SMILES string of the molecule is CCOc1cncc(N(CCCl)C(CC)CC)n1. The van der Waals surface area contributed by atoms with Crippen LogP contribution in [0.3, 0.4) is 0 Å². The van der Waals surface area contributed by atoms with E-state index >= 15 is 0 Å². The number of rotatable bonds is 8. The van der Waals surface area contributed by atoms with Gasteiger partial charge in [-0.05, 0) is 19.8 Å². The van der Waals surface area contributed by atoms with E-state index in [9.17, 15) is 0 Å². The summed E-state index contributed by atoms with van der Waals surface area (Å²) in [5.41, 5.74) is 0. The zero-order valence-electron chi connectivity index (χ0n) is 11.4. The lowest BCUT2D eigenvalue weighted by Gasteiger charge is -2.30. The third kappa shape index (κ3) is 4.02. The number of nitrogens with zero attached hydrogens (tertiary/aromatic N) is 3. The highest BCUT2D eigenvalue weighted by Gasteiger charge is 2.17. The van der Waals surface area contributed by atoms with Crippen LogP contribution in [0.25, 0.3) is 0 Å². The minimum Gasteiger partial charge on any atom is -0.477 e. The second-order valence-electron chi connectivity index (χ2n) is 4.00. The van der Waals surface area contributed by atoms with E-state index in [2.05, 4.69) is 28.7 Å². The summed E-state index contributed by atoms with van der Waals surface area (Å²) in [5.74, 6) is 1.99. The van der Waals surface area contributed by atoms with Crippen LogP contribution in [0.2, 0.25) is 0 Å². The Morgan fingerprint density at radius 1 is 1.28 bits per heavy atom. The Hall–Kier alpha value is -1.03. The fraction of sp³-hybridized carbons (Fsp3) is 0.692. The maximum atomic E-state index is 5.88. The van der Waals surface area contributed by atoms with Crippen molar-refractivity contribution in [2.75, 3.05) is 23.9 Å². The quantitative estimate of drug-likeness (QED) is 0.681. The molecule has 4 nitrogen and oxygen atoms in total. The average molecular weight is 272 g/mol. The summed E-state index contributed by atoms with van der Waals surface area (Å²) in [6.45, 7) is 7.66. The first-order valence-corrected chi connectivity index (χ1v) is 7.07. The van der Waals surface area contributed by atoms with Gasteiger partial charge in [-0.1, -0.05) is 13.8 Å². The Balaban J connectivity index is 2.93. The number of hydrogen-bond acceptors (Lipinski definition) is 4. The van der Waals surface area contributed by atoms with Gasteiger partial charge >= 0.3 is 0 Å². The van der Waals surface area contributed by atoms with Crippen molar-refractivity contribution in [2.24, 2.45) is 0 Å². The number of anilines is 1. The molecule has 5 heteroatoms. The first-order chi connectivity index (χ1) is 8.76. The van der Waals surface area contributed by atoms with E-state index in [-0.39, 0.29) is 0 Å². The number of hydrogen-bond donors (Lipinski definition) is 0. The standard InChI is InChI=1S/C13H22ClN3O/c1-4-11(5-2)17(8-7-14)12-9-15-10-13(16-12)18-6-3/h9-11H,4-8H2,1-3H3. The van der Waals surface area contributed by atoms with E-state index in [1.165, 1.54) is 0 Å². The van der Waals surface area contributed by atoms with Crippen LogP contribution in [0.5, 0.6) is 5.88 Å². The van der Waals surface area contributed by atoms with Gasteiger partial charge in [-0.2, -0.15) is 4.98 Å². The third-order valence-electron chi connectivity index (χ3n) is 2.89. The molecule has 1 aromatic rings. The van der Waals surface area contributed by atoms with Crippen LogP contribution in [-0.4, -0.2) is 35.0 Å². The van der Waals surface area contributed by atoms with Gasteiger partial charge in [-0.25, -0.2) is 0 Å². The molecule has 1 heterocycles. The topological polar surface area (TPSA) is 38.2 Å². The molecule has 0 unspecified atom stereocenters. The molecular weight excluding hydrogens is 250 g/mol. The monoisotopic (exact) mass is 271 g/mol. The van der Waals surface area contributed by atoms with Crippen LogP contribution in [-0.2, 0) is 0 Å². The van der Waals surface area contributed by atoms with Gasteiger partial charge in [0.1, 0.15) is 0 Å². The Morgan fingerprint density at radius 2 is 2.00 bits per heavy atom. The minimum absolute atomic E-state index is 0.440. The average Bonchev–Trinajstić information content (AvgIpc) is 2.40. The molecule has 102 valence electrons. The van der Waals surface area contributed by atoms with Crippen molar-refractivity contribution in [3.8, 4) is 5.88 Å². The Morgan fingerprint density at radius 3 is 2.56 bits per heavy atom. The van der Waals surface area contributed by atoms with Gasteiger partial charge in [-0.15, -0.1) is 11.6 Å². The molecule has 0 radical (unpaired) electrons. The molecule has 0 spiro atoms. The largest absolute Gasteiger partial charge is 0.477 e. The lowest BCUT2D eigenvalue weighted by atomic mass is 10.1. The number of halogens is 1. The Kier molecular flexibility index (Phi) is 6.80. The first-order valence-electron chi connectivity index (χ1n) is 6.54. The zero-order valence-corrected chi connectivity index (χ0v) is 12.2. The molecule has 1 aromatic heterocycles. The smallest absolute Gasteiger partial charge is 0.234 e. The normalized spacial score (nSPS) is 10.7. The van der Waals surface area contributed by atoms with Gasteiger partial charge in [0.15, 0.2) is 5.82 Å². The van der Waals surface area contributed by atoms with Crippen LogP contribution < -0.4 is 9.64 Å². The molecule has 0 aromatic carbocycles. The van der Waals surface area contributed by atoms with E-state index < -0.39 is 0 Å². The molecule has 0 atom stereocenters. The van der Waals surface area contributed by atoms with Crippen LogP contribution in [0.15, 0.2) is 12.4 Å². The fourth-order valence-electron chi connectivity index (χ4n) is 2.00. The maximum Gasteiger partial charge on any atom is 0.234 e. The number of ether oxygens (including phenoxy) is 1. The lowest BCUT2D eigenvalue weighted by molar-refractivity contribution is 0.325. The van der Waals surface area contributed by atoms with Crippen LogP contribution >= 0.6 is 11.6 Å². The summed E-state index contributed by atoms with van der Waals surface area (Å²) in [6, 6.07) is 0.440. The van der Waals surface area contributed by atoms with Crippen molar-refractivity contribution < 1.29 is 4.74 Å². The number of alkyl halides is 1. The molecule has 0 saturated carbocycles. The van der Waals surface area contributed by atoms with E-state index in [0.29, 0.717) is 24.4 Å². The van der Waals surface area contributed by atoms with Gasteiger partial charge in [0.2, 0.25) is 5.88 Å². The van der Waals surface area contributed by atoms with E-state index in [0.717, 1.165) is 25.2 Å². The first kappa shape index (κ1) is 15.0. The molecule has 0 fully saturated rings. The highest BCUT2D eigenvalue weighted by Crippen LogP contribution is 2.19. The van der Waals surface area contributed by atoms with Gasteiger partial charge in [0, 0.05) is 18.5 Å². The molecule has 1 rings (SSSR count). The Bertz CT molecular complexity index is 345. The van der Waals surface area contributed by atoms with Gasteiger partial charge in [0.05, 0.1) is 19.0 Å². The van der Waals surface area contributed by atoms with Crippen molar-refractivity contribution >= 4 is 17.4 Å². The van der Waals surface area contributed by atoms with Crippen LogP contribution in [0.4, 0.5) is 5.82 Å². The summed E-state index contributed by atoms with van der Waals surface area (Å²) < 4.78 is 5.39. The molecule has 0 bridgehead atoms. The Labute approximate surface area is 114 Å². The summed E-state index contributed by atoms with van der Waals surface area (Å²) >= 11 is 5.88. The van der Waals surface area contributed by atoms with Crippen molar-refractivity contribution in [3.63, 3.8) is 0 Å². The predicted molar refractivity (Wildman–Crippen MR) is 75.6 cm³/mol. The third-order valence-corrected chi connectivity index (χ3v) is 3.06. The van der Waals surface area contributed by atoms with Gasteiger partial charge in [0.25, 0.3) is 0 Å². The van der Waals surface area contributed by atoms with Crippen molar-refractivity contribution in [1.29, 1.82) is 0 Å². The molecular formula is C13H22ClN3O. The highest BCUT2D eigenvalue weighted by atomic mass is 35.5. The zero-order chi connectivity index (χ0) is 13.4. The number of aromatic nitrogens is 2.